The van der Waals surface area contributed by atoms with Crippen molar-refractivity contribution in [1.29, 1.82) is 0 Å². The fourth-order valence-electron chi connectivity index (χ4n) is 2.46. The Morgan fingerprint density at radius 2 is 1.88 bits per heavy atom. The third-order valence-corrected chi connectivity index (χ3v) is 3.64. The molecule has 1 fully saturated rings. The lowest BCUT2D eigenvalue weighted by molar-refractivity contribution is 0.216. The van der Waals surface area contributed by atoms with Gasteiger partial charge in [0.2, 0.25) is 0 Å². The smallest absolute Gasteiger partial charge is 0.0194 e. The van der Waals surface area contributed by atoms with Crippen molar-refractivity contribution < 1.29 is 0 Å². The van der Waals surface area contributed by atoms with E-state index in [4.69, 9.17) is 0 Å². The normalized spacial score (nSPS) is 18.0. The van der Waals surface area contributed by atoms with Gasteiger partial charge in [-0.1, -0.05) is 34.1 Å². The first kappa shape index (κ1) is 15.0. The van der Waals surface area contributed by atoms with E-state index in [1.54, 1.807) is 0 Å². The van der Waals surface area contributed by atoms with Crippen molar-refractivity contribution in [1.82, 2.24) is 10.2 Å². The number of rotatable bonds is 10. The minimum absolute atomic E-state index is 0.706. The van der Waals surface area contributed by atoms with Crippen LogP contribution in [0.1, 0.15) is 59.8 Å². The maximum atomic E-state index is 3.64. The van der Waals surface area contributed by atoms with Gasteiger partial charge in [0.05, 0.1) is 0 Å². The highest BCUT2D eigenvalue weighted by molar-refractivity contribution is 4.87. The van der Waals surface area contributed by atoms with E-state index in [-0.39, 0.29) is 0 Å². The van der Waals surface area contributed by atoms with Gasteiger partial charge in [0, 0.05) is 18.6 Å². The summed E-state index contributed by atoms with van der Waals surface area (Å²) in [4.78, 5) is 2.74. The van der Waals surface area contributed by atoms with Gasteiger partial charge in [-0.15, -0.1) is 0 Å². The third kappa shape index (κ3) is 6.42. The molecule has 1 rings (SSSR count). The van der Waals surface area contributed by atoms with Gasteiger partial charge in [0.15, 0.2) is 0 Å². The van der Waals surface area contributed by atoms with E-state index >= 15 is 0 Å². The molecule has 0 saturated heterocycles. The summed E-state index contributed by atoms with van der Waals surface area (Å²) in [6.07, 6.45) is 6.83. The topological polar surface area (TPSA) is 15.3 Å². The number of nitrogens with zero attached hydrogens (tertiary/aromatic N) is 1. The quantitative estimate of drug-likeness (QED) is 0.630. The maximum Gasteiger partial charge on any atom is 0.0194 e. The highest BCUT2D eigenvalue weighted by Crippen LogP contribution is 2.27. The summed E-state index contributed by atoms with van der Waals surface area (Å²) in [6, 6.07) is 1.62. The Hall–Kier alpha value is -0.0800. The van der Waals surface area contributed by atoms with Gasteiger partial charge < -0.3 is 5.32 Å². The molecule has 0 aliphatic heterocycles. The average Bonchev–Trinajstić information content (AvgIpc) is 3.08. The second-order valence-corrected chi connectivity index (χ2v) is 5.95. The molecule has 0 spiro atoms. The van der Waals surface area contributed by atoms with Gasteiger partial charge in [-0.05, 0) is 44.7 Å². The summed E-state index contributed by atoms with van der Waals surface area (Å²) in [5, 5.41) is 3.64. The molecule has 1 aliphatic carbocycles. The predicted octanol–water partition coefficient (Wildman–Crippen LogP) is 3.28. The van der Waals surface area contributed by atoms with E-state index in [2.05, 4.69) is 37.9 Å². The Bertz CT molecular complexity index is 181. The highest BCUT2D eigenvalue weighted by Gasteiger charge is 2.29. The second-order valence-electron chi connectivity index (χ2n) is 5.95. The second kappa shape index (κ2) is 8.10. The summed E-state index contributed by atoms with van der Waals surface area (Å²) in [5.41, 5.74) is 0. The molecule has 0 aromatic carbocycles. The summed E-state index contributed by atoms with van der Waals surface area (Å²) in [6.45, 7) is 12.8. The van der Waals surface area contributed by atoms with Crippen LogP contribution in [-0.4, -0.2) is 36.6 Å². The monoisotopic (exact) mass is 240 g/mol. The predicted molar refractivity (Wildman–Crippen MR) is 76.4 cm³/mol. The van der Waals surface area contributed by atoms with Crippen LogP contribution in [0.3, 0.4) is 0 Å². The van der Waals surface area contributed by atoms with Crippen molar-refractivity contribution in [3.63, 3.8) is 0 Å². The van der Waals surface area contributed by atoms with Crippen molar-refractivity contribution in [2.75, 3.05) is 19.6 Å². The summed E-state index contributed by atoms with van der Waals surface area (Å²) < 4.78 is 0. The van der Waals surface area contributed by atoms with Crippen molar-refractivity contribution in [2.45, 2.75) is 71.9 Å². The van der Waals surface area contributed by atoms with Gasteiger partial charge in [-0.2, -0.15) is 0 Å². The maximum absolute atomic E-state index is 3.64. The molecule has 2 nitrogen and oxygen atoms in total. The Morgan fingerprint density at radius 3 is 2.35 bits per heavy atom. The molecule has 1 unspecified atom stereocenters. The van der Waals surface area contributed by atoms with E-state index in [9.17, 15) is 0 Å². The van der Waals surface area contributed by atoms with Crippen molar-refractivity contribution in [3.8, 4) is 0 Å². The summed E-state index contributed by atoms with van der Waals surface area (Å²) >= 11 is 0. The van der Waals surface area contributed by atoms with Crippen molar-refractivity contribution in [3.05, 3.63) is 0 Å². The van der Waals surface area contributed by atoms with Crippen LogP contribution >= 0.6 is 0 Å². The van der Waals surface area contributed by atoms with Crippen molar-refractivity contribution in [2.24, 2.45) is 5.92 Å². The molecule has 1 atom stereocenters. The van der Waals surface area contributed by atoms with Crippen LogP contribution in [0.15, 0.2) is 0 Å². The average molecular weight is 240 g/mol. The standard InChI is InChI=1S/C15H32N2/c1-5-7-14(16-6-2)12-17(15-8-9-15)11-10-13(3)4/h13-16H,5-12H2,1-4H3. The molecular formula is C15H32N2. The number of hydrogen-bond donors (Lipinski definition) is 1. The number of likely N-dealkylation sites (N-methyl/N-ethyl adjacent to an activating group) is 1. The number of hydrogen-bond acceptors (Lipinski definition) is 2. The third-order valence-electron chi connectivity index (χ3n) is 3.64. The van der Waals surface area contributed by atoms with Crippen LogP contribution in [0, 0.1) is 5.92 Å². The van der Waals surface area contributed by atoms with Crippen LogP contribution in [-0.2, 0) is 0 Å². The molecule has 1 aliphatic rings. The first-order chi connectivity index (χ1) is 8.17. The zero-order chi connectivity index (χ0) is 12.7. The van der Waals surface area contributed by atoms with E-state index < -0.39 is 0 Å². The van der Waals surface area contributed by atoms with Crippen LogP contribution < -0.4 is 5.32 Å². The Labute approximate surface area is 108 Å². The van der Waals surface area contributed by atoms with E-state index in [1.165, 1.54) is 45.2 Å². The van der Waals surface area contributed by atoms with E-state index in [1.807, 2.05) is 0 Å². The van der Waals surface area contributed by atoms with Crippen molar-refractivity contribution >= 4 is 0 Å². The Morgan fingerprint density at radius 1 is 1.18 bits per heavy atom. The molecule has 102 valence electrons. The Kier molecular flexibility index (Phi) is 7.14. The minimum atomic E-state index is 0.706. The highest BCUT2D eigenvalue weighted by atomic mass is 15.2. The lowest BCUT2D eigenvalue weighted by atomic mass is 10.1. The van der Waals surface area contributed by atoms with Crippen LogP contribution in [0.4, 0.5) is 0 Å². The lowest BCUT2D eigenvalue weighted by Gasteiger charge is -2.28. The largest absolute Gasteiger partial charge is 0.313 e. The van der Waals surface area contributed by atoms with Gasteiger partial charge in [-0.3, -0.25) is 4.90 Å². The zero-order valence-electron chi connectivity index (χ0n) is 12.3. The van der Waals surface area contributed by atoms with Gasteiger partial charge in [0.25, 0.3) is 0 Å². The fraction of sp³-hybridized carbons (Fsp3) is 1.00. The SMILES string of the molecule is CCCC(CN(CCC(C)C)C1CC1)NCC. The molecule has 0 heterocycles. The molecule has 1 N–H and O–H groups in total. The zero-order valence-corrected chi connectivity index (χ0v) is 12.3. The molecule has 0 aromatic heterocycles. The Balaban J connectivity index is 2.34. The first-order valence-corrected chi connectivity index (χ1v) is 7.64. The fourth-order valence-corrected chi connectivity index (χ4v) is 2.46. The van der Waals surface area contributed by atoms with Crippen LogP contribution in [0.25, 0.3) is 0 Å². The molecular weight excluding hydrogens is 208 g/mol. The summed E-state index contributed by atoms with van der Waals surface area (Å²) in [5.74, 6) is 0.833. The molecule has 0 aromatic rings. The molecule has 1 saturated carbocycles. The van der Waals surface area contributed by atoms with E-state index in [0.717, 1.165) is 18.5 Å². The van der Waals surface area contributed by atoms with Gasteiger partial charge >= 0.3 is 0 Å². The molecule has 2 heteroatoms. The first-order valence-electron chi connectivity index (χ1n) is 7.64. The molecule has 0 bridgehead atoms. The molecule has 17 heavy (non-hydrogen) atoms. The number of nitrogens with one attached hydrogen (secondary N) is 1. The minimum Gasteiger partial charge on any atom is -0.313 e. The lowest BCUT2D eigenvalue weighted by Crippen LogP contribution is -2.42. The molecule has 0 amide bonds. The van der Waals surface area contributed by atoms with Gasteiger partial charge in [-0.25, -0.2) is 0 Å². The van der Waals surface area contributed by atoms with Crippen LogP contribution in [0.5, 0.6) is 0 Å². The van der Waals surface area contributed by atoms with E-state index in [0.29, 0.717) is 6.04 Å². The van der Waals surface area contributed by atoms with Gasteiger partial charge in [0.1, 0.15) is 0 Å². The molecule has 0 radical (unpaired) electrons. The summed E-state index contributed by atoms with van der Waals surface area (Å²) in [7, 11) is 0. The van der Waals surface area contributed by atoms with Crippen LogP contribution in [0.2, 0.25) is 0 Å².